The Bertz CT molecular complexity index is 1150. The third-order valence-electron chi connectivity index (χ3n) is 6.03. The summed E-state index contributed by atoms with van der Waals surface area (Å²) >= 11 is 2.72. The number of hydrogen-bond donors (Lipinski definition) is 1. The zero-order valence-electron chi connectivity index (χ0n) is 17.3. The van der Waals surface area contributed by atoms with Gasteiger partial charge in [-0.25, -0.2) is 9.97 Å². The van der Waals surface area contributed by atoms with E-state index in [1.807, 2.05) is 12.1 Å². The molecule has 0 spiro atoms. The monoisotopic (exact) mass is 458 g/mol. The van der Waals surface area contributed by atoms with Crippen molar-refractivity contribution < 1.29 is 9.53 Å². The van der Waals surface area contributed by atoms with Crippen molar-refractivity contribution in [1.82, 2.24) is 19.9 Å². The zero-order valence-corrected chi connectivity index (χ0v) is 19.0. The molecule has 9 heteroatoms. The number of fused-ring (bicyclic) bond motifs is 3. The Hall–Kier alpha value is -1.97. The van der Waals surface area contributed by atoms with E-state index in [0.717, 1.165) is 42.5 Å². The zero-order chi connectivity index (χ0) is 21.2. The highest BCUT2D eigenvalue weighted by Gasteiger charge is 2.23. The van der Waals surface area contributed by atoms with E-state index in [1.54, 1.807) is 10.8 Å². The van der Waals surface area contributed by atoms with Gasteiger partial charge in [0.1, 0.15) is 9.53 Å². The van der Waals surface area contributed by atoms with Gasteiger partial charge in [-0.2, -0.15) is 0 Å². The molecular weight excluding hydrogens is 432 g/mol. The molecule has 0 unspecified atom stereocenters. The van der Waals surface area contributed by atoms with Crippen LogP contribution in [-0.2, 0) is 16.1 Å². The van der Waals surface area contributed by atoms with Gasteiger partial charge in [0.15, 0.2) is 5.16 Å². The molecule has 5 rings (SSSR count). The topological polar surface area (TPSA) is 86.1 Å². The molecule has 4 heterocycles. The van der Waals surface area contributed by atoms with E-state index in [9.17, 15) is 9.59 Å². The quantitative estimate of drug-likeness (QED) is 0.448. The Morgan fingerprint density at radius 3 is 2.94 bits per heavy atom. The number of nitrogens with zero attached hydrogens (tertiary/aromatic N) is 3. The summed E-state index contributed by atoms with van der Waals surface area (Å²) in [5, 5.41) is 4.62. The van der Waals surface area contributed by atoms with Crippen LogP contribution in [0, 0.1) is 0 Å². The van der Waals surface area contributed by atoms with Gasteiger partial charge in [0.2, 0.25) is 5.91 Å². The molecule has 0 bridgehead atoms. The highest BCUT2D eigenvalue weighted by molar-refractivity contribution is 7.99. The minimum atomic E-state index is -0.0707. The number of aromatic nitrogens is 3. The molecule has 2 fully saturated rings. The lowest BCUT2D eigenvalue weighted by atomic mass is 9.95. The summed E-state index contributed by atoms with van der Waals surface area (Å²) in [6.07, 6.45) is 9.40. The fraction of sp³-hybridized carbons (Fsp3) is 0.545. The summed E-state index contributed by atoms with van der Waals surface area (Å²) in [6.45, 7) is 1.20. The van der Waals surface area contributed by atoms with Crippen LogP contribution in [0.2, 0.25) is 0 Å². The van der Waals surface area contributed by atoms with E-state index in [2.05, 4.69) is 10.3 Å². The maximum absolute atomic E-state index is 13.4. The molecule has 1 amide bonds. The van der Waals surface area contributed by atoms with Gasteiger partial charge in [0.05, 0.1) is 23.9 Å². The Balaban J connectivity index is 1.44. The average Bonchev–Trinajstić information content (AvgIpc) is 3.43. The Kier molecular flexibility index (Phi) is 6.24. The van der Waals surface area contributed by atoms with Crippen LogP contribution in [0.4, 0.5) is 0 Å². The number of amides is 1. The molecular formula is C22H26N4O3S2. The summed E-state index contributed by atoms with van der Waals surface area (Å²) in [5.41, 5.74) is 0.607. The van der Waals surface area contributed by atoms with E-state index in [4.69, 9.17) is 9.72 Å². The number of thiophene rings is 1. The number of hydrogen-bond acceptors (Lipinski definition) is 7. The normalized spacial score (nSPS) is 19.9. The van der Waals surface area contributed by atoms with Crippen molar-refractivity contribution in [3.8, 4) is 0 Å². The highest BCUT2D eigenvalue weighted by atomic mass is 32.2. The molecule has 0 radical (unpaired) electrons. The molecule has 3 aromatic rings. The number of carbonyl (C=O) groups excluding carboxylic acids is 1. The molecule has 1 N–H and O–H groups in total. The third kappa shape index (κ3) is 4.49. The van der Waals surface area contributed by atoms with Crippen LogP contribution in [0.1, 0.15) is 44.9 Å². The Morgan fingerprint density at radius 1 is 1.26 bits per heavy atom. The highest BCUT2D eigenvalue weighted by Crippen LogP contribution is 2.31. The second-order valence-corrected chi connectivity index (χ2v) is 10.2. The summed E-state index contributed by atoms with van der Waals surface area (Å²) in [7, 11) is 0. The summed E-state index contributed by atoms with van der Waals surface area (Å²) in [4.78, 5) is 36.0. The second kappa shape index (κ2) is 9.26. The molecule has 2 aliphatic rings. The average molecular weight is 459 g/mol. The Morgan fingerprint density at radius 2 is 2.13 bits per heavy atom. The van der Waals surface area contributed by atoms with Gasteiger partial charge < -0.3 is 10.1 Å². The maximum Gasteiger partial charge on any atom is 0.272 e. The number of thioether (sulfide) groups is 1. The Labute approximate surface area is 188 Å². The molecule has 1 aliphatic heterocycles. The van der Waals surface area contributed by atoms with Crippen molar-refractivity contribution >= 4 is 49.4 Å². The van der Waals surface area contributed by atoms with Crippen molar-refractivity contribution in [2.45, 2.75) is 68.8 Å². The van der Waals surface area contributed by atoms with Crippen LogP contribution in [0.25, 0.3) is 20.4 Å². The SMILES string of the molecule is O=C(CSc1nc2c(sc3ncccc32)c(=O)n1C[C@H]1CCCO1)NC1CCCCC1. The van der Waals surface area contributed by atoms with Crippen LogP contribution >= 0.6 is 23.1 Å². The fourth-order valence-corrected chi connectivity index (χ4v) is 6.29. The lowest BCUT2D eigenvalue weighted by molar-refractivity contribution is -0.119. The van der Waals surface area contributed by atoms with E-state index >= 15 is 0 Å². The first kappa shape index (κ1) is 20.9. The van der Waals surface area contributed by atoms with Crippen LogP contribution in [0.5, 0.6) is 0 Å². The van der Waals surface area contributed by atoms with Crippen molar-refractivity contribution in [3.05, 3.63) is 28.7 Å². The van der Waals surface area contributed by atoms with E-state index in [0.29, 0.717) is 21.9 Å². The van der Waals surface area contributed by atoms with Gasteiger partial charge in [-0.3, -0.25) is 14.2 Å². The smallest absolute Gasteiger partial charge is 0.272 e. The van der Waals surface area contributed by atoms with Crippen molar-refractivity contribution in [2.75, 3.05) is 12.4 Å². The molecule has 0 aromatic carbocycles. The number of carbonyl (C=O) groups is 1. The second-order valence-electron chi connectivity index (χ2n) is 8.27. The number of rotatable bonds is 6. The van der Waals surface area contributed by atoms with Gasteiger partial charge in [0.25, 0.3) is 5.56 Å². The van der Waals surface area contributed by atoms with Gasteiger partial charge in [0, 0.05) is 24.2 Å². The molecule has 31 heavy (non-hydrogen) atoms. The van der Waals surface area contributed by atoms with Crippen molar-refractivity contribution in [2.24, 2.45) is 0 Å². The standard InChI is InChI=1S/C22H26N4O3S2/c27-17(24-14-6-2-1-3-7-14)13-30-22-25-18-16-9-4-10-23-20(16)31-19(18)21(28)26(22)12-15-8-5-11-29-15/h4,9-10,14-15H,1-3,5-8,11-13H2,(H,24,27)/t15-/m1/s1. The lowest BCUT2D eigenvalue weighted by Crippen LogP contribution is -2.37. The molecule has 164 valence electrons. The summed E-state index contributed by atoms with van der Waals surface area (Å²) < 4.78 is 8.09. The predicted molar refractivity (Wildman–Crippen MR) is 124 cm³/mol. The number of ether oxygens (including phenoxy) is 1. The first-order valence-electron chi connectivity index (χ1n) is 11.0. The maximum atomic E-state index is 13.4. The van der Waals surface area contributed by atoms with Gasteiger partial charge >= 0.3 is 0 Å². The third-order valence-corrected chi connectivity index (χ3v) is 8.10. The molecule has 1 aliphatic carbocycles. The number of nitrogens with one attached hydrogen (secondary N) is 1. The summed E-state index contributed by atoms with van der Waals surface area (Å²) in [6, 6.07) is 4.08. The first-order valence-corrected chi connectivity index (χ1v) is 12.8. The van der Waals surface area contributed by atoms with Crippen LogP contribution < -0.4 is 10.9 Å². The lowest BCUT2D eigenvalue weighted by Gasteiger charge is -2.22. The molecule has 3 aromatic heterocycles. The predicted octanol–water partition coefficient (Wildman–Crippen LogP) is 3.73. The van der Waals surface area contributed by atoms with Crippen LogP contribution in [0.3, 0.4) is 0 Å². The van der Waals surface area contributed by atoms with E-state index in [-0.39, 0.29) is 29.4 Å². The first-order chi connectivity index (χ1) is 15.2. The molecule has 7 nitrogen and oxygen atoms in total. The van der Waals surface area contributed by atoms with Gasteiger partial charge in [-0.1, -0.05) is 31.0 Å². The van der Waals surface area contributed by atoms with Crippen LogP contribution in [0.15, 0.2) is 28.3 Å². The largest absolute Gasteiger partial charge is 0.376 e. The minimum Gasteiger partial charge on any atom is -0.376 e. The summed E-state index contributed by atoms with van der Waals surface area (Å²) in [5.74, 6) is 0.257. The van der Waals surface area contributed by atoms with E-state index in [1.165, 1.54) is 42.4 Å². The van der Waals surface area contributed by atoms with Gasteiger partial charge in [-0.05, 0) is 37.8 Å². The number of pyridine rings is 1. The molecule has 1 saturated carbocycles. The van der Waals surface area contributed by atoms with E-state index < -0.39 is 0 Å². The molecule has 1 atom stereocenters. The fourth-order valence-electron chi connectivity index (χ4n) is 4.45. The van der Waals surface area contributed by atoms with Gasteiger partial charge in [-0.15, -0.1) is 11.3 Å². The van der Waals surface area contributed by atoms with Crippen LogP contribution in [-0.4, -0.2) is 44.9 Å². The van der Waals surface area contributed by atoms with Crippen molar-refractivity contribution in [3.63, 3.8) is 0 Å². The molecule has 1 saturated heterocycles. The minimum absolute atomic E-state index is 0.00626. The van der Waals surface area contributed by atoms with Crippen molar-refractivity contribution in [1.29, 1.82) is 0 Å².